The Balaban J connectivity index is 3.25. The number of esters is 1. The highest BCUT2D eigenvalue weighted by Crippen LogP contribution is 2.19. The zero-order valence-corrected chi connectivity index (χ0v) is 28.0. The molecule has 0 aliphatic carbocycles. The van der Waals surface area contributed by atoms with Crippen molar-refractivity contribution in [3.05, 3.63) is 29.3 Å². The number of hydrogen-bond donors (Lipinski definition) is 8. The van der Waals surface area contributed by atoms with Crippen molar-refractivity contribution in [1.29, 1.82) is 0 Å². The minimum Gasteiger partial charge on any atom is -0.461 e. The molecule has 1 aromatic rings. The second kappa shape index (κ2) is 20.0. The number of nitrogens with two attached hydrogens (primary N) is 2. The Bertz CT molecular complexity index is 1210. The molecule has 6 amide bonds. The van der Waals surface area contributed by atoms with Gasteiger partial charge in [-0.3, -0.25) is 24.0 Å². The molecule has 0 unspecified atom stereocenters. The van der Waals surface area contributed by atoms with Crippen molar-refractivity contribution in [3.63, 3.8) is 0 Å². The Morgan fingerprint density at radius 1 is 0.848 bits per heavy atom. The predicted molar refractivity (Wildman–Crippen MR) is 174 cm³/mol. The number of primary amides is 1. The van der Waals surface area contributed by atoms with E-state index >= 15 is 0 Å². The van der Waals surface area contributed by atoms with Gasteiger partial charge in [0.2, 0.25) is 17.7 Å². The third-order valence-electron chi connectivity index (χ3n) is 6.72. The van der Waals surface area contributed by atoms with Gasteiger partial charge in [0.25, 0.3) is 5.91 Å². The first-order chi connectivity index (χ1) is 21.6. The van der Waals surface area contributed by atoms with E-state index < -0.39 is 47.8 Å². The van der Waals surface area contributed by atoms with Crippen LogP contribution >= 0.6 is 0 Å². The van der Waals surface area contributed by atoms with E-state index in [2.05, 4.69) is 31.9 Å². The second-order valence-electron chi connectivity index (χ2n) is 11.9. The van der Waals surface area contributed by atoms with Crippen LogP contribution < -0.4 is 43.4 Å². The van der Waals surface area contributed by atoms with Crippen LogP contribution in [0.25, 0.3) is 0 Å². The zero-order valence-electron chi connectivity index (χ0n) is 28.0. The number of ether oxygens (including phenoxy) is 1. The maximum atomic E-state index is 13.5. The van der Waals surface area contributed by atoms with E-state index in [1.54, 1.807) is 46.8 Å². The monoisotopic (exact) mass is 648 g/mol. The van der Waals surface area contributed by atoms with Crippen molar-refractivity contribution in [2.75, 3.05) is 25.0 Å². The molecule has 1 aromatic carbocycles. The summed E-state index contributed by atoms with van der Waals surface area (Å²) in [5, 5.41) is 16.4. The highest BCUT2D eigenvalue weighted by Gasteiger charge is 2.30. The largest absolute Gasteiger partial charge is 0.461 e. The van der Waals surface area contributed by atoms with Crippen LogP contribution in [0.1, 0.15) is 77.2 Å². The van der Waals surface area contributed by atoms with Crippen molar-refractivity contribution in [2.24, 2.45) is 23.3 Å². The third kappa shape index (κ3) is 14.2. The van der Waals surface area contributed by atoms with Gasteiger partial charge < -0.3 is 48.1 Å². The van der Waals surface area contributed by atoms with Crippen LogP contribution in [0.15, 0.2) is 18.2 Å². The Labute approximate surface area is 271 Å². The highest BCUT2D eigenvalue weighted by atomic mass is 16.5. The van der Waals surface area contributed by atoms with Crippen LogP contribution in [0.4, 0.5) is 10.5 Å². The molecule has 3 atom stereocenters. The number of carbonyl (C=O) groups is 6. The molecule has 46 heavy (non-hydrogen) atoms. The first kappa shape index (κ1) is 39.8. The summed E-state index contributed by atoms with van der Waals surface area (Å²) in [6.45, 7) is 12.8. The number of benzene rings is 1. The van der Waals surface area contributed by atoms with Crippen molar-refractivity contribution >= 4 is 41.3 Å². The summed E-state index contributed by atoms with van der Waals surface area (Å²) in [6, 6.07) is 1.30. The predicted octanol–water partition coefficient (Wildman–Crippen LogP) is 0.473. The maximum absolute atomic E-state index is 13.5. The lowest BCUT2D eigenvalue weighted by molar-refractivity contribution is -0.148. The minimum absolute atomic E-state index is 0.0468. The first-order valence-corrected chi connectivity index (χ1v) is 15.6. The summed E-state index contributed by atoms with van der Waals surface area (Å²) in [5.74, 6) is -3.10. The van der Waals surface area contributed by atoms with E-state index in [0.29, 0.717) is 12.0 Å². The molecule has 10 N–H and O–H groups in total. The normalized spacial score (nSPS) is 13.0. The Morgan fingerprint density at radius 3 is 2.09 bits per heavy atom. The number of hydrogen-bond acceptors (Lipinski definition) is 9. The molecule has 1 rings (SSSR count). The van der Waals surface area contributed by atoms with Gasteiger partial charge in [-0.15, -0.1) is 0 Å². The number of nitrogens with one attached hydrogen (secondary N) is 6. The number of anilines is 1. The van der Waals surface area contributed by atoms with Crippen LogP contribution in [0.2, 0.25) is 0 Å². The third-order valence-corrected chi connectivity index (χ3v) is 6.72. The lowest BCUT2D eigenvalue weighted by Gasteiger charge is -2.27. The van der Waals surface area contributed by atoms with Gasteiger partial charge in [0.15, 0.2) is 0 Å². The van der Waals surface area contributed by atoms with Gasteiger partial charge in [0.1, 0.15) is 18.7 Å². The van der Waals surface area contributed by atoms with Crippen LogP contribution in [-0.2, 0) is 30.5 Å². The van der Waals surface area contributed by atoms with Gasteiger partial charge in [-0.25, -0.2) is 4.79 Å². The molecule has 15 heteroatoms. The lowest BCUT2D eigenvalue weighted by atomic mass is 10.0. The molecule has 0 aromatic heterocycles. The molecule has 258 valence electrons. The Hall–Kier alpha value is -4.24. The van der Waals surface area contributed by atoms with Crippen LogP contribution in [-0.4, -0.2) is 79.4 Å². The zero-order chi connectivity index (χ0) is 35.0. The van der Waals surface area contributed by atoms with Crippen molar-refractivity contribution in [1.82, 2.24) is 26.6 Å². The SMILES string of the molecule is CC(C)N[C@@H](C)C(=O)N[C@H](C(=O)N[C@@H](CCCNC(N)=O)C(=O)Nc1ccc(COC(=O)C(C)C)c(C(=O)NCCN)c1)C(C)C. The molecule has 15 nitrogen and oxygen atoms in total. The number of rotatable bonds is 19. The van der Waals surface area contributed by atoms with Gasteiger partial charge in [0.05, 0.1) is 12.0 Å². The summed E-state index contributed by atoms with van der Waals surface area (Å²) in [4.78, 5) is 75.8. The van der Waals surface area contributed by atoms with Crippen LogP contribution in [0.3, 0.4) is 0 Å². The van der Waals surface area contributed by atoms with E-state index in [9.17, 15) is 28.8 Å². The molecule has 0 aliphatic rings. The fourth-order valence-corrected chi connectivity index (χ4v) is 4.25. The lowest BCUT2D eigenvalue weighted by Crippen LogP contribution is -2.57. The van der Waals surface area contributed by atoms with E-state index in [0.717, 1.165) is 0 Å². The van der Waals surface area contributed by atoms with E-state index in [-0.39, 0.29) is 67.7 Å². The topological polar surface area (TPSA) is 236 Å². The number of carbonyl (C=O) groups excluding carboxylic acids is 6. The molecule has 0 aliphatic heterocycles. The summed E-state index contributed by atoms with van der Waals surface area (Å²) in [7, 11) is 0. The molecule has 0 radical (unpaired) electrons. The smallest absolute Gasteiger partial charge is 0.312 e. The molecule has 0 saturated heterocycles. The number of amides is 6. The van der Waals surface area contributed by atoms with E-state index in [4.69, 9.17) is 16.2 Å². The molecule has 0 saturated carbocycles. The molecule has 0 spiro atoms. The first-order valence-electron chi connectivity index (χ1n) is 15.6. The summed E-state index contributed by atoms with van der Waals surface area (Å²) < 4.78 is 5.31. The standard InChI is InChI=1S/C31H52N8O7/c1-17(2)25(39-26(40)20(7)36-19(5)6)29(43)38-24(9-8-13-35-31(33)45)28(42)37-22-11-10-21(16-46-30(44)18(3)4)23(15-22)27(41)34-14-12-32/h10-11,15,17-20,24-25,36H,8-9,12-14,16,32H2,1-7H3,(H,34,41)(H,37,42)(H,38,43)(H,39,40)(H3,33,35,45)/t20-,24-,25-/m0/s1. The van der Waals surface area contributed by atoms with E-state index in [1.165, 1.54) is 6.07 Å². The van der Waals surface area contributed by atoms with E-state index in [1.807, 2.05) is 13.8 Å². The summed E-state index contributed by atoms with van der Waals surface area (Å²) in [6.07, 6.45) is 0.414. The van der Waals surface area contributed by atoms with Gasteiger partial charge >= 0.3 is 12.0 Å². The fraction of sp³-hybridized carbons (Fsp3) is 0.613. The minimum atomic E-state index is -1.08. The molecular formula is C31H52N8O7. The van der Waals surface area contributed by atoms with Gasteiger partial charge in [0, 0.05) is 42.5 Å². The molecule has 0 bridgehead atoms. The molecule has 0 heterocycles. The van der Waals surface area contributed by atoms with Crippen molar-refractivity contribution in [3.8, 4) is 0 Å². The van der Waals surface area contributed by atoms with Crippen molar-refractivity contribution in [2.45, 2.75) is 92.1 Å². The number of urea groups is 1. The average molecular weight is 649 g/mol. The average Bonchev–Trinajstić information content (AvgIpc) is 2.97. The molecular weight excluding hydrogens is 596 g/mol. The quantitative estimate of drug-likeness (QED) is 0.0768. The Kier molecular flexibility index (Phi) is 17.3. The Morgan fingerprint density at radius 2 is 1.52 bits per heavy atom. The highest BCUT2D eigenvalue weighted by molar-refractivity contribution is 6.01. The van der Waals surface area contributed by atoms with Gasteiger partial charge in [-0.1, -0.05) is 47.6 Å². The van der Waals surface area contributed by atoms with Crippen LogP contribution in [0, 0.1) is 11.8 Å². The molecule has 0 fully saturated rings. The van der Waals surface area contributed by atoms with Crippen LogP contribution in [0.5, 0.6) is 0 Å². The van der Waals surface area contributed by atoms with Gasteiger partial charge in [-0.05, 0) is 37.8 Å². The fourth-order valence-electron chi connectivity index (χ4n) is 4.25. The van der Waals surface area contributed by atoms with Crippen molar-refractivity contribution < 1.29 is 33.5 Å². The summed E-state index contributed by atoms with van der Waals surface area (Å²) in [5.41, 5.74) is 11.5. The van der Waals surface area contributed by atoms with Gasteiger partial charge in [-0.2, -0.15) is 0 Å². The summed E-state index contributed by atoms with van der Waals surface area (Å²) >= 11 is 0. The maximum Gasteiger partial charge on any atom is 0.312 e. The second-order valence-corrected chi connectivity index (χ2v) is 11.9.